The summed E-state index contributed by atoms with van der Waals surface area (Å²) in [6.07, 6.45) is 2.19. The molecule has 1 aliphatic rings. The van der Waals surface area contributed by atoms with Gasteiger partial charge in [-0.15, -0.1) is 0 Å². The number of hydrogen-bond donors (Lipinski definition) is 0. The molecule has 0 spiro atoms. The standard InChI is InChI=1S/C9H15NO3S/c1-3-13-5-4-10-8(11)6-7(14-2)9(10)12/h7H,3-6H2,1-2H3. The third kappa shape index (κ3) is 2.48. The van der Waals surface area contributed by atoms with Crippen LogP contribution in [0.1, 0.15) is 13.3 Å². The summed E-state index contributed by atoms with van der Waals surface area (Å²) >= 11 is 1.43. The van der Waals surface area contributed by atoms with Gasteiger partial charge in [-0.05, 0) is 13.2 Å². The third-order valence-electron chi connectivity index (χ3n) is 2.15. The van der Waals surface area contributed by atoms with Gasteiger partial charge in [0.2, 0.25) is 11.8 Å². The average Bonchev–Trinajstić information content (AvgIpc) is 2.45. The molecule has 0 aromatic heterocycles. The minimum absolute atomic E-state index is 0.0674. The van der Waals surface area contributed by atoms with Crippen LogP contribution in [0.2, 0.25) is 0 Å². The van der Waals surface area contributed by atoms with E-state index in [-0.39, 0.29) is 17.1 Å². The Labute approximate surface area is 88.0 Å². The molecule has 1 heterocycles. The van der Waals surface area contributed by atoms with Crippen molar-refractivity contribution in [2.45, 2.75) is 18.6 Å². The molecule has 0 radical (unpaired) electrons. The average molecular weight is 217 g/mol. The zero-order valence-electron chi connectivity index (χ0n) is 8.49. The molecule has 14 heavy (non-hydrogen) atoms. The third-order valence-corrected chi connectivity index (χ3v) is 3.09. The zero-order valence-corrected chi connectivity index (χ0v) is 9.30. The van der Waals surface area contributed by atoms with E-state index in [1.54, 1.807) is 0 Å². The first-order chi connectivity index (χ1) is 6.70. The number of imide groups is 1. The zero-order chi connectivity index (χ0) is 10.6. The molecule has 0 aliphatic carbocycles. The highest BCUT2D eigenvalue weighted by Crippen LogP contribution is 2.22. The van der Waals surface area contributed by atoms with Crippen LogP contribution in [0.4, 0.5) is 0 Å². The molecule has 2 amide bonds. The highest BCUT2D eigenvalue weighted by Gasteiger charge is 2.37. The molecule has 0 saturated carbocycles. The lowest BCUT2D eigenvalue weighted by Gasteiger charge is -2.13. The van der Waals surface area contributed by atoms with Crippen molar-refractivity contribution >= 4 is 23.6 Å². The summed E-state index contributed by atoms with van der Waals surface area (Å²) in [5.41, 5.74) is 0. The number of thioether (sulfide) groups is 1. The number of likely N-dealkylation sites (tertiary alicyclic amines) is 1. The van der Waals surface area contributed by atoms with E-state index < -0.39 is 0 Å². The normalized spacial score (nSPS) is 22.1. The molecular formula is C9H15NO3S. The van der Waals surface area contributed by atoms with Crippen LogP contribution in [0.3, 0.4) is 0 Å². The summed E-state index contributed by atoms with van der Waals surface area (Å²) in [7, 11) is 0. The molecule has 1 atom stereocenters. The van der Waals surface area contributed by atoms with Crippen LogP contribution in [0.5, 0.6) is 0 Å². The van der Waals surface area contributed by atoms with Gasteiger partial charge in [0.15, 0.2) is 0 Å². The molecule has 0 N–H and O–H groups in total. The fraction of sp³-hybridized carbons (Fsp3) is 0.778. The highest BCUT2D eigenvalue weighted by atomic mass is 32.2. The number of hydrogen-bond acceptors (Lipinski definition) is 4. The fourth-order valence-corrected chi connectivity index (χ4v) is 2.01. The summed E-state index contributed by atoms with van der Waals surface area (Å²) in [5, 5.41) is -0.177. The van der Waals surface area contributed by atoms with E-state index in [1.165, 1.54) is 16.7 Å². The second-order valence-corrected chi connectivity index (χ2v) is 4.05. The van der Waals surface area contributed by atoms with Crippen LogP contribution in [0, 0.1) is 0 Å². The first-order valence-corrected chi connectivity index (χ1v) is 5.94. The molecule has 0 aromatic carbocycles. The van der Waals surface area contributed by atoms with Crippen LogP contribution in [-0.4, -0.2) is 48.0 Å². The Morgan fingerprint density at radius 2 is 2.29 bits per heavy atom. The smallest absolute Gasteiger partial charge is 0.242 e. The van der Waals surface area contributed by atoms with Gasteiger partial charge >= 0.3 is 0 Å². The molecule has 5 heteroatoms. The van der Waals surface area contributed by atoms with Crippen LogP contribution >= 0.6 is 11.8 Å². The second kappa shape index (κ2) is 5.36. The van der Waals surface area contributed by atoms with Gasteiger partial charge in [0, 0.05) is 13.0 Å². The maximum atomic E-state index is 11.6. The highest BCUT2D eigenvalue weighted by molar-refractivity contribution is 8.00. The van der Waals surface area contributed by atoms with E-state index in [0.717, 1.165) is 0 Å². The second-order valence-electron chi connectivity index (χ2n) is 3.01. The van der Waals surface area contributed by atoms with Gasteiger partial charge in [0.1, 0.15) is 0 Å². The van der Waals surface area contributed by atoms with Gasteiger partial charge in [0.05, 0.1) is 18.4 Å². The van der Waals surface area contributed by atoms with Crippen LogP contribution in [0.25, 0.3) is 0 Å². The Kier molecular flexibility index (Phi) is 4.41. The van der Waals surface area contributed by atoms with Crippen molar-refractivity contribution in [3.05, 3.63) is 0 Å². The van der Waals surface area contributed by atoms with E-state index in [4.69, 9.17) is 4.74 Å². The maximum Gasteiger partial charge on any atom is 0.242 e. The van der Waals surface area contributed by atoms with Crippen LogP contribution in [-0.2, 0) is 14.3 Å². The van der Waals surface area contributed by atoms with Gasteiger partial charge in [-0.1, -0.05) is 0 Å². The summed E-state index contributed by atoms with van der Waals surface area (Å²) in [6.45, 7) is 3.33. The predicted octanol–water partition coefficient (Wildman–Crippen LogP) is 0.513. The van der Waals surface area contributed by atoms with Gasteiger partial charge < -0.3 is 4.74 Å². The number of amides is 2. The topological polar surface area (TPSA) is 46.6 Å². The fourth-order valence-electron chi connectivity index (χ4n) is 1.37. The first kappa shape index (κ1) is 11.5. The monoisotopic (exact) mass is 217 g/mol. The van der Waals surface area contributed by atoms with Gasteiger partial charge in [0.25, 0.3) is 0 Å². The Morgan fingerprint density at radius 3 is 2.79 bits per heavy atom. The molecule has 80 valence electrons. The van der Waals surface area contributed by atoms with Crippen LogP contribution < -0.4 is 0 Å². The lowest BCUT2D eigenvalue weighted by molar-refractivity contribution is -0.139. The van der Waals surface area contributed by atoms with E-state index >= 15 is 0 Å². The molecule has 0 bridgehead atoms. The number of nitrogens with zero attached hydrogens (tertiary/aromatic N) is 1. The Hall–Kier alpha value is -0.550. The SMILES string of the molecule is CCOCCN1C(=O)CC(SC)C1=O. The van der Waals surface area contributed by atoms with Crippen molar-refractivity contribution in [2.24, 2.45) is 0 Å². The van der Waals surface area contributed by atoms with Crippen LogP contribution in [0.15, 0.2) is 0 Å². The molecule has 0 aromatic rings. The summed E-state index contributed by atoms with van der Waals surface area (Å²) in [6, 6.07) is 0. The molecule has 1 unspecified atom stereocenters. The molecule has 1 saturated heterocycles. The number of carbonyl (C=O) groups excluding carboxylic acids is 2. The van der Waals surface area contributed by atoms with Gasteiger partial charge in [-0.2, -0.15) is 11.8 Å². The summed E-state index contributed by atoms with van der Waals surface area (Å²) in [4.78, 5) is 24.3. The minimum Gasteiger partial charge on any atom is -0.380 e. The lowest BCUT2D eigenvalue weighted by Crippen LogP contribution is -2.34. The van der Waals surface area contributed by atoms with Gasteiger partial charge in [-0.25, -0.2) is 0 Å². The maximum absolute atomic E-state index is 11.6. The largest absolute Gasteiger partial charge is 0.380 e. The van der Waals surface area contributed by atoms with Crippen molar-refractivity contribution < 1.29 is 14.3 Å². The number of rotatable bonds is 5. The molecular weight excluding hydrogens is 202 g/mol. The van der Waals surface area contributed by atoms with Crippen molar-refractivity contribution in [1.82, 2.24) is 4.90 Å². The Bertz CT molecular complexity index is 232. The Balaban J connectivity index is 2.44. The van der Waals surface area contributed by atoms with E-state index in [1.807, 2.05) is 13.2 Å². The van der Waals surface area contributed by atoms with Crippen molar-refractivity contribution in [3.63, 3.8) is 0 Å². The summed E-state index contributed by atoms with van der Waals surface area (Å²) < 4.78 is 5.11. The van der Waals surface area contributed by atoms with E-state index in [0.29, 0.717) is 26.2 Å². The lowest BCUT2D eigenvalue weighted by atomic mass is 10.4. The van der Waals surface area contributed by atoms with Crippen molar-refractivity contribution in [2.75, 3.05) is 26.0 Å². The van der Waals surface area contributed by atoms with Crippen molar-refractivity contribution in [1.29, 1.82) is 0 Å². The molecule has 4 nitrogen and oxygen atoms in total. The minimum atomic E-state index is -0.177. The quantitative estimate of drug-likeness (QED) is 0.497. The Morgan fingerprint density at radius 1 is 1.57 bits per heavy atom. The van der Waals surface area contributed by atoms with E-state index in [9.17, 15) is 9.59 Å². The molecule has 1 aliphatic heterocycles. The first-order valence-electron chi connectivity index (χ1n) is 4.65. The number of carbonyl (C=O) groups is 2. The van der Waals surface area contributed by atoms with E-state index in [2.05, 4.69) is 0 Å². The van der Waals surface area contributed by atoms with Gasteiger partial charge in [-0.3, -0.25) is 14.5 Å². The summed E-state index contributed by atoms with van der Waals surface area (Å²) in [5.74, 6) is -0.142. The molecule has 1 rings (SSSR count). The van der Waals surface area contributed by atoms with Crippen molar-refractivity contribution in [3.8, 4) is 0 Å². The molecule has 1 fully saturated rings. The number of ether oxygens (including phenoxy) is 1. The predicted molar refractivity (Wildman–Crippen MR) is 55.1 cm³/mol.